The van der Waals surface area contributed by atoms with Crippen LogP contribution in [0.3, 0.4) is 0 Å². The third-order valence-electron chi connectivity index (χ3n) is 3.74. The van der Waals surface area contributed by atoms with Crippen LogP contribution in [0.4, 0.5) is 18.9 Å². The van der Waals surface area contributed by atoms with Gasteiger partial charge in [0.05, 0.1) is 12.0 Å². The number of nitrogens with zero attached hydrogens (tertiary/aromatic N) is 2. The number of carbonyl (C=O) groups is 2. The third kappa shape index (κ3) is 4.61. The molecule has 0 unspecified atom stereocenters. The van der Waals surface area contributed by atoms with E-state index in [1.165, 1.54) is 12.1 Å². The number of aliphatic carboxylic acids is 1. The number of hydrogen-bond acceptors (Lipinski definition) is 3. The van der Waals surface area contributed by atoms with E-state index in [-0.39, 0.29) is 18.7 Å². The van der Waals surface area contributed by atoms with E-state index in [0.29, 0.717) is 31.9 Å². The van der Waals surface area contributed by atoms with Crippen molar-refractivity contribution in [1.29, 1.82) is 0 Å². The number of alkyl halides is 3. The summed E-state index contributed by atoms with van der Waals surface area (Å²) in [7, 11) is 0. The Kier molecular flexibility index (Phi) is 5.12. The van der Waals surface area contributed by atoms with Gasteiger partial charge in [-0.2, -0.15) is 13.2 Å². The predicted octanol–water partition coefficient (Wildman–Crippen LogP) is 2.22. The SMILES string of the molecule is O=C(O)CCC(=O)N1CCN(c2ccc(C(F)(F)F)cc2)CC1. The van der Waals surface area contributed by atoms with E-state index in [1.807, 2.05) is 4.90 Å². The minimum atomic E-state index is -4.35. The molecule has 0 radical (unpaired) electrons. The first-order chi connectivity index (χ1) is 10.8. The van der Waals surface area contributed by atoms with Crippen LogP contribution in [-0.4, -0.2) is 48.1 Å². The maximum Gasteiger partial charge on any atom is 0.416 e. The molecule has 1 aromatic carbocycles. The van der Waals surface area contributed by atoms with Crippen LogP contribution < -0.4 is 4.90 Å². The molecule has 1 saturated heterocycles. The zero-order valence-corrected chi connectivity index (χ0v) is 12.3. The van der Waals surface area contributed by atoms with Gasteiger partial charge in [-0.15, -0.1) is 0 Å². The van der Waals surface area contributed by atoms with Crippen LogP contribution in [0.25, 0.3) is 0 Å². The highest BCUT2D eigenvalue weighted by Crippen LogP contribution is 2.30. The zero-order valence-electron chi connectivity index (χ0n) is 12.3. The summed E-state index contributed by atoms with van der Waals surface area (Å²) in [6.07, 6.45) is -4.58. The van der Waals surface area contributed by atoms with Gasteiger partial charge in [-0.05, 0) is 24.3 Å². The fourth-order valence-electron chi connectivity index (χ4n) is 2.45. The first-order valence-corrected chi connectivity index (χ1v) is 7.19. The van der Waals surface area contributed by atoms with Gasteiger partial charge < -0.3 is 14.9 Å². The van der Waals surface area contributed by atoms with Crippen LogP contribution in [0, 0.1) is 0 Å². The highest BCUT2D eigenvalue weighted by molar-refractivity contribution is 5.81. The van der Waals surface area contributed by atoms with Crippen molar-refractivity contribution in [3.63, 3.8) is 0 Å². The number of amides is 1. The number of piperazine rings is 1. The van der Waals surface area contributed by atoms with Crippen LogP contribution in [-0.2, 0) is 15.8 Å². The molecular weight excluding hydrogens is 313 g/mol. The van der Waals surface area contributed by atoms with Crippen molar-refractivity contribution >= 4 is 17.6 Å². The molecule has 1 amide bonds. The average Bonchev–Trinajstić information content (AvgIpc) is 2.52. The largest absolute Gasteiger partial charge is 0.481 e. The predicted molar refractivity (Wildman–Crippen MR) is 77.1 cm³/mol. The van der Waals surface area contributed by atoms with Crippen molar-refractivity contribution in [2.75, 3.05) is 31.1 Å². The maximum absolute atomic E-state index is 12.5. The fourth-order valence-corrected chi connectivity index (χ4v) is 2.45. The van der Waals surface area contributed by atoms with Gasteiger partial charge in [0.15, 0.2) is 0 Å². The molecule has 0 aliphatic carbocycles. The van der Waals surface area contributed by atoms with Gasteiger partial charge in [0.1, 0.15) is 0 Å². The van der Waals surface area contributed by atoms with Crippen molar-refractivity contribution < 1.29 is 27.9 Å². The second-order valence-corrected chi connectivity index (χ2v) is 5.31. The Bertz CT molecular complexity index is 564. The minimum absolute atomic E-state index is 0.0321. The highest BCUT2D eigenvalue weighted by Gasteiger charge is 2.30. The minimum Gasteiger partial charge on any atom is -0.481 e. The van der Waals surface area contributed by atoms with Gasteiger partial charge in [0.25, 0.3) is 0 Å². The molecule has 1 aliphatic rings. The van der Waals surface area contributed by atoms with Crippen molar-refractivity contribution in [1.82, 2.24) is 4.90 Å². The molecule has 0 atom stereocenters. The second kappa shape index (κ2) is 6.89. The summed E-state index contributed by atoms with van der Waals surface area (Å²) in [6, 6.07) is 4.93. The van der Waals surface area contributed by atoms with Crippen molar-refractivity contribution in [3.8, 4) is 0 Å². The molecule has 1 aliphatic heterocycles. The Morgan fingerprint density at radius 2 is 1.57 bits per heavy atom. The number of hydrogen-bond donors (Lipinski definition) is 1. The normalized spacial score (nSPS) is 15.6. The second-order valence-electron chi connectivity index (χ2n) is 5.31. The molecule has 5 nitrogen and oxygen atoms in total. The standard InChI is InChI=1S/C15H17F3N2O3/c16-15(17,18)11-1-3-12(4-2-11)19-7-9-20(10-8-19)13(21)5-6-14(22)23/h1-4H,5-10H2,(H,22,23). The van der Waals surface area contributed by atoms with E-state index >= 15 is 0 Å². The molecule has 0 saturated carbocycles. The number of carboxylic acid groups (broad SMARTS) is 1. The molecular formula is C15H17F3N2O3. The Morgan fingerprint density at radius 3 is 2.04 bits per heavy atom. The van der Waals surface area contributed by atoms with Gasteiger partial charge in [-0.3, -0.25) is 9.59 Å². The lowest BCUT2D eigenvalue weighted by Gasteiger charge is -2.36. The van der Waals surface area contributed by atoms with E-state index in [9.17, 15) is 22.8 Å². The van der Waals surface area contributed by atoms with Gasteiger partial charge in [-0.25, -0.2) is 0 Å². The number of carboxylic acids is 1. The summed E-state index contributed by atoms with van der Waals surface area (Å²) in [4.78, 5) is 25.8. The van der Waals surface area contributed by atoms with Crippen LogP contribution in [0.15, 0.2) is 24.3 Å². The first kappa shape index (κ1) is 17.1. The molecule has 0 bridgehead atoms. The lowest BCUT2D eigenvalue weighted by molar-refractivity contribution is -0.141. The van der Waals surface area contributed by atoms with E-state index < -0.39 is 17.7 Å². The highest BCUT2D eigenvalue weighted by atomic mass is 19.4. The van der Waals surface area contributed by atoms with Gasteiger partial charge in [0.2, 0.25) is 5.91 Å². The number of rotatable bonds is 4. The van der Waals surface area contributed by atoms with Crippen LogP contribution >= 0.6 is 0 Å². The van der Waals surface area contributed by atoms with Crippen molar-refractivity contribution in [2.45, 2.75) is 19.0 Å². The summed E-state index contributed by atoms with van der Waals surface area (Å²) in [5.41, 5.74) is -0.0145. The molecule has 8 heteroatoms. The smallest absolute Gasteiger partial charge is 0.416 e. The van der Waals surface area contributed by atoms with Gasteiger partial charge >= 0.3 is 12.1 Å². The zero-order chi connectivity index (χ0) is 17.0. The van der Waals surface area contributed by atoms with Gasteiger partial charge in [-0.1, -0.05) is 0 Å². The summed E-state index contributed by atoms with van der Waals surface area (Å²) >= 11 is 0. The quantitative estimate of drug-likeness (QED) is 0.920. The molecule has 2 rings (SSSR count). The van der Waals surface area contributed by atoms with Crippen molar-refractivity contribution in [3.05, 3.63) is 29.8 Å². The number of carbonyl (C=O) groups excluding carboxylic acids is 1. The average molecular weight is 330 g/mol. The third-order valence-corrected chi connectivity index (χ3v) is 3.74. The van der Waals surface area contributed by atoms with Gasteiger partial charge in [0, 0.05) is 38.3 Å². The molecule has 126 valence electrons. The Balaban J connectivity index is 1.89. The maximum atomic E-state index is 12.5. The van der Waals surface area contributed by atoms with E-state index in [0.717, 1.165) is 12.1 Å². The number of halogens is 3. The van der Waals surface area contributed by atoms with Crippen LogP contribution in [0.2, 0.25) is 0 Å². The molecule has 1 heterocycles. The molecule has 1 aromatic rings. The van der Waals surface area contributed by atoms with E-state index in [2.05, 4.69) is 0 Å². The Labute approximate surface area is 131 Å². The first-order valence-electron chi connectivity index (χ1n) is 7.19. The van der Waals surface area contributed by atoms with Crippen LogP contribution in [0.5, 0.6) is 0 Å². The molecule has 1 fully saturated rings. The number of anilines is 1. The molecule has 23 heavy (non-hydrogen) atoms. The number of benzene rings is 1. The van der Waals surface area contributed by atoms with E-state index in [1.54, 1.807) is 4.90 Å². The summed E-state index contributed by atoms with van der Waals surface area (Å²) in [5.74, 6) is -1.22. The summed E-state index contributed by atoms with van der Waals surface area (Å²) < 4.78 is 37.6. The summed E-state index contributed by atoms with van der Waals surface area (Å²) in [5, 5.41) is 8.57. The lowest BCUT2D eigenvalue weighted by Crippen LogP contribution is -2.48. The fraction of sp³-hybridized carbons (Fsp3) is 0.467. The monoisotopic (exact) mass is 330 g/mol. The summed E-state index contributed by atoms with van der Waals surface area (Å²) in [6.45, 7) is 1.87. The van der Waals surface area contributed by atoms with Crippen LogP contribution in [0.1, 0.15) is 18.4 Å². The Morgan fingerprint density at radius 1 is 1.00 bits per heavy atom. The van der Waals surface area contributed by atoms with E-state index in [4.69, 9.17) is 5.11 Å². The topological polar surface area (TPSA) is 60.9 Å². The molecule has 0 spiro atoms. The lowest BCUT2D eigenvalue weighted by atomic mass is 10.1. The van der Waals surface area contributed by atoms with Crippen molar-refractivity contribution in [2.24, 2.45) is 0 Å². The molecule has 0 aromatic heterocycles. The Hall–Kier alpha value is -2.25. The molecule has 1 N–H and O–H groups in total.